The molecule has 1 aromatic rings. The maximum Gasteiger partial charge on any atom is 0.307 e. The minimum Gasteiger partial charge on any atom is -0.469 e. The Kier molecular flexibility index (Phi) is 7.39. The monoisotopic (exact) mass is 357 g/mol. The van der Waals surface area contributed by atoms with Crippen molar-refractivity contribution in [3.63, 3.8) is 0 Å². The van der Waals surface area contributed by atoms with Crippen molar-refractivity contribution in [1.82, 2.24) is 4.90 Å². The summed E-state index contributed by atoms with van der Waals surface area (Å²) in [5.41, 5.74) is 0.515. The first-order valence-electron chi connectivity index (χ1n) is 6.77. The third-order valence-corrected chi connectivity index (χ3v) is 3.73. The predicted molar refractivity (Wildman–Crippen MR) is 83.0 cm³/mol. The maximum atomic E-state index is 12.6. The number of aliphatic hydroxyl groups excluding tert-OH is 1. The number of carbonyl (C=O) groups is 2. The zero-order valence-electron chi connectivity index (χ0n) is 12.2. The van der Waals surface area contributed by atoms with Gasteiger partial charge in [0.25, 0.3) is 5.91 Å². The van der Waals surface area contributed by atoms with Crippen molar-refractivity contribution in [3.8, 4) is 0 Å². The Morgan fingerprint density at radius 3 is 2.67 bits per heavy atom. The lowest BCUT2D eigenvalue weighted by Gasteiger charge is -2.29. The molecule has 0 radical (unpaired) electrons. The van der Waals surface area contributed by atoms with Crippen molar-refractivity contribution in [2.75, 3.05) is 20.3 Å². The van der Waals surface area contributed by atoms with Crippen molar-refractivity contribution >= 4 is 27.8 Å². The van der Waals surface area contributed by atoms with Crippen molar-refractivity contribution in [3.05, 3.63) is 34.3 Å². The fourth-order valence-electron chi connectivity index (χ4n) is 2.00. The van der Waals surface area contributed by atoms with Gasteiger partial charge in [-0.3, -0.25) is 9.59 Å². The van der Waals surface area contributed by atoms with Crippen LogP contribution in [0.2, 0.25) is 0 Å². The Bertz CT molecular complexity index is 488. The molecule has 0 saturated heterocycles. The van der Waals surface area contributed by atoms with Crippen LogP contribution >= 0.6 is 15.9 Å². The SMILES string of the molecule is CCC(CO)N(CCC(=O)OC)C(=O)c1cccc(Br)c1. The van der Waals surface area contributed by atoms with E-state index in [0.29, 0.717) is 12.0 Å². The van der Waals surface area contributed by atoms with Gasteiger partial charge in [0.15, 0.2) is 0 Å². The van der Waals surface area contributed by atoms with Crippen LogP contribution in [0.4, 0.5) is 0 Å². The lowest BCUT2D eigenvalue weighted by atomic mass is 10.1. The van der Waals surface area contributed by atoms with E-state index in [-0.39, 0.29) is 37.5 Å². The molecule has 1 atom stereocenters. The molecule has 1 amide bonds. The second-order valence-electron chi connectivity index (χ2n) is 4.58. The number of ether oxygens (including phenoxy) is 1. The van der Waals surface area contributed by atoms with Crippen molar-refractivity contribution < 1.29 is 19.4 Å². The van der Waals surface area contributed by atoms with Crippen LogP contribution < -0.4 is 0 Å². The highest BCUT2D eigenvalue weighted by molar-refractivity contribution is 9.10. The number of amides is 1. The molecule has 0 fully saturated rings. The molecule has 0 aliphatic carbocycles. The molecule has 1 unspecified atom stereocenters. The van der Waals surface area contributed by atoms with E-state index in [1.165, 1.54) is 12.0 Å². The molecule has 5 nitrogen and oxygen atoms in total. The highest BCUT2D eigenvalue weighted by Crippen LogP contribution is 2.16. The number of esters is 1. The first-order valence-corrected chi connectivity index (χ1v) is 7.57. The molecular formula is C15H20BrNO4. The molecular weight excluding hydrogens is 338 g/mol. The van der Waals surface area contributed by atoms with E-state index in [1.54, 1.807) is 18.2 Å². The zero-order valence-corrected chi connectivity index (χ0v) is 13.8. The lowest BCUT2D eigenvalue weighted by molar-refractivity contribution is -0.140. The van der Waals surface area contributed by atoms with E-state index in [9.17, 15) is 14.7 Å². The Labute approximate surface area is 133 Å². The quantitative estimate of drug-likeness (QED) is 0.759. The zero-order chi connectivity index (χ0) is 15.8. The summed E-state index contributed by atoms with van der Waals surface area (Å²) in [5, 5.41) is 9.45. The molecule has 0 saturated carbocycles. The van der Waals surface area contributed by atoms with Gasteiger partial charge >= 0.3 is 5.97 Å². The van der Waals surface area contributed by atoms with Gasteiger partial charge in [0.2, 0.25) is 0 Å². The minimum absolute atomic E-state index is 0.104. The Balaban J connectivity index is 2.93. The lowest BCUT2D eigenvalue weighted by Crippen LogP contribution is -2.43. The van der Waals surface area contributed by atoms with Crippen LogP contribution in [0, 0.1) is 0 Å². The number of benzene rings is 1. The molecule has 0 spiro atoms. The molecule has 0 aliphatic rings. The standard InChI is InChI=1S/C15H20BrNO4/c1-3-13(10-18)17(8-7-14(19)21-2)15(20)11-5-4-6-12(16)9-11/h4-6,9,13,18H,3,7-8,10H2,1-2H3. The molecule has 1 rings (SSSR count). The van der Waals surface area contributed by atoms with Gasteiger partial charge in [-0.05, 0) is 24.6 Å². The van der Waals surface area contributed by atoms with E-state index < -0.39 is 0 Å². The van der Waals surface area contributed by atoms with Crippen LogP contribution in [0.15, 0.2) is 28.7 Å². The van der Waals surface area contributed by atoms with Crippen LogP contribution in [0.25, 0.3) is 0 Å². The van der Waals surface area contributed by atoms with E-state index in [0.717, 1.165) is 4.47 Å². The molecule has 1 aromatic carbocycles. The number of hydrogen-bond acceptors (Lipinski definition) is 4. The molecule has 21 heavy (non-hydrogen) atoms. The third-order valence-electron chi connectivity index (χ3n) is 3.24. The number of methoxy groups -OCH3 is 1. The molecule has 1 N–H and O–H groups in total. The number of halogens is 1. The summed E-state index contributed by atoms with van der Waals surface area (Å²) in [7, 11) is 1.31. The average Bonchev–Trinajstić information content (AvgIpc) is 2.50. The van der Waals surface area contributed by atoms with Crippen LogP contribution in [-0.4, -0.2) is 48.2 Å². The number of rotatable bonds is 7. The topological polar surface area (TPSA) is 66.8 Å². The molecule has 0 aromatic heterocycles. The summed E-state index contributed by atoms with van der Waals surface area (Å²) in [4.78, 5) is 25.4. The highest BCUT2D eigenvalue weighted by atomic mass is 79.9. The first-order chi connectivity index (χ1) is 10.0. The second-order valence-corrected chi connectivity index (χ2v) is 5.50. The Morgan fingerprint density at radius 1 is 1.43 bits per heavy atom. The number of hydrogen-bond donors (Lipinski definition) is 1. The third kappa shape index (κ3) is 5.13. The van der Waals surface area contributed by atoms with Crippen LogP contribution in [0.5, 0.6) is 0 Å². The van der Waals surface area contributed by atoms with E-state index in [2.05, 4.69) is 20.7 Å². The summed E-state index contributed by atoms with van der Waals surface area (Å²) in [6.07, 6.45) is 0.712. The second kappa shape index (κ2) is 8.79. The number of nitrogens with zero attached hydrogens (tertiary/aromatic N) is 1. The minimum atomic E-state index is -0.380. The summed E-state index contributed by atoms with van der Waals surface area (Å²) in [6, 6.07) is 6.72. The first kappa shape index (κ1) is 17.7. The van der Waals surface area contributed by atoms with Crippen LogP contribution in [-0.2, 0) is 9.53 Å². The van der Waals surface area contributed by atoms with E-state index >= 15 is 0 Å². The smallest absolute Gasteiger partial charge is 0.307 e. The average molecular weight is 358 g/mol. The van der Waals surface area contributed by atoms with Gasteiger partial charge in [-0.2, -0.15) is 0 Å². The van der Waals surface area contributed by atoms with Crippen molar-refractivity contribution in [1.29, 1.82) is 0 Å². The Morgan fingerprint density at radius 2 is 2.14 bits per heavy atom. The molecule has 116 valence electrons. The van der Waals surface area contributed by atoms with Gasteiger partial charge in [0.05, 0.1) is 26.2 Å². The van der Waals surface area contributed by atoms with E-state index in [4.69, 9.17) is 0 Å². The normalized spacial score (nSPS) is 11.8. The number of carbonyl (C=O) groups excluding carboxylic acids is 2. The van der Waals surface area contributed by atoms with Gasteiger partial charge in [0.1, 0.15) is 0 Å². The van der Waals surface area contributed by atoms with Gasteiger partial charge in [-0.1, -0.05) is 28.9 Å². The van der Waals surface area contributed by atoms with Crippen LogP contribution in [0.3, 0.4) is 0 Å². The molecule has 0 bridgehead atoms. The fraction of sp³-hybridized carbons (Fsp3) is 0.467. The van der Waals surface area contributed by atoms with E-state index in [1.807, 2.05) is 13.0 Å². The largest absolute Gasteiger partial charge is 0.469 e. The number of aliphatic hydroxyl groups is 1. The predicted octanol–water partition coefficient (Wildman–Crippen LogP) is 2.23. The molecule has 6 heteroatoms. The Hall–Kier alpha value is -1.40. The summed E-state index contributed by atoms with van der Waals surface area (Å²) in [6.45, 7) is 1.97. The molecule has 0 aliphatic heterocycles. The van der Waals surface area contributed by atoms with Gasteiger partial charge < -0.3 is 14.7 Å². The highest BCUT2D eigenvalue weighted by Gasteiger charge is 2.24. The van der Waals surface area contributed by atoms with Crippen LogP contribution in [0.1, 0.15) is 30.1 Å². The van der Waals surface area contributed by atoms with Crippen molar-refractivity contribution in [2.24, 2.45) is 0 Å². The summed E-state index contributed by atoms with van der Waals surface area (Å²) < 4.78 is 5.41. The maximum absolute atomic E-state index is 12.6. The summed E-state index contributed by atoms with van der Waals surface area (Å²) >= 11 is 3.33. The molecule has 0 heterocycles. The van der Waals surface area contributed by atoms with Gasteiger partial charge in [0, 0.05) is 16.6 Å². The summed E-state index contributed by atoms with van der Waals surface area (Å²) in [5.74, 6) is -0.587. The van der Waals surface area contributed by atoms with Crippen molar-refractivity contribution in [2.45, 2.75) is 25.8 Å². The van der Waals surface area contributed by atoms with Gasteiger partial charge in [-0.25, -0.2) is 0 Å². The fourth-order valence-corrected chi connectivity index (χ4v) is 2.40. The van der Waals surface area contributed by atoms with Gasteiger partial charge in [-0.15, -0.1) is 0 Å².